The average Bonchev–Trinajstić information content (AvgIpc) is 3.61. The van der Waals surface area contributed by atoms with Crippen LogP contribution >= 0.6 is 0 Å². The van der Waals surface area contributed by atoms with Crippen LogP contribution in [0, 0.1) is 50.7 Å². The van der Waals surface area contributed by atoms with Crippen molar-refractivity contribution in [3.63, 3.8) is 0 Å². The van der Waals surface area contributed by atoms with Gasteiger partial charge in [0.1, 0.15) is 48.8 Å². The van der Waals surface area contributed by atoms with Gasteiger partial charge >= 0.3 is 0 Å². The molecular formula is C42H70O14. The second kappa shape index (κ2) is 14.0. The summed E-state index contributed by atoms with van der Waals surface area (Å²) in [5.74, 6) is -0.547. The molecule has 3 aliphatic heterocycles. The first-order valence-electron chi connectivity index (χ1n) is 21.5. The van der Waals surface area contributed by atoms with Crippen molar-refractivity contribution in [3.05, 3.63) is 0 Å². The minimum atomic E-state index is -1.65. The summed E-state index contributed by atoms with van der Waals surface area (Å²) in [4.78, 5) is 0. The summed E-state index contributed by atoms with van der Waals surface area (Å²) < 4.78 is 30.1. The van der Waals surface area contributed by atoms with E-state index in [2.05, 4.69) is 27.7 Å². The number of hydrogen-bond donors (Lipinski definition) is 9. The number of aliphatic hydroxyl groups is 9. The minimum Gasteiger partial charge on any atom is -0.396 e. The fraction of sp³-hybridized carbons (Fsp3) is 1.00. The molecule has 8 rings (SSSR count). The van der Waals surface area contributed by atoms with Gasteiger partial charge in [-0.1, -0.05) is 27.7 Å². The summed E-state index contributed by atoms with van der Waals surface area (Å²) in [5.41, 5.74) is -0.255. The summed E-state index contributed by atoms with van der Waals surface area (Å²) >= 11 is 0. The second-order valence-electron chi connectivity index (χ2n) is 21.2. The van der Waals surface area contributed by atoms with Crippen molar-refractivity contribution >= 4 is 0 Å². The fourth-order valence-electron chi connectivity index (χ4n) is 14.9. The van der Waals surface area contributed by atoms with Crippen molar-refractivity contribution in [3.8, 4) is 0 Å². The first-order valence-corrected chi connectivity index (χ1v) is 21.5. The lowest BCUT2D eigenvalue weighted by Gasteiger charge is -2.64. The van der Waals surface area contributed by atoms with Crippen LogP contribution in [-0.2, 0) is 23.7 Å². The first kappa shape index (κ1) is 42.1. The molecule has 5 aliphatic carbocycles. The van der Waals surface area contributed by atoms with E-state index in [1.165, 1.54) is 6.42 Å². The monoisotopic (exact) mass is 798 g/mol. The van der Waals surface area contributed by atoms with Gasteiger partial charge in [-0.05, 0) is 123 Å². The van der Waals surface area contributed by atoms with E-state index in [1.807, 2.05) is 13.8 Å². The van der Waals surface area contributed by atoms with E-state index >= 15 is 0 Å². The van der Waals surface area contributed by atoms with Crippen LogP contribution in [0.25, 0.3) is 0 Å². The molecule has 20 unspecified atom stereocenters. The zero-order valence-electron chi connectivity index (χ0n) is 34.1. The second-order valence-corrected chi connectivity index (χ2v) is 21.2. The summed E-state index contributed by atoms with van der Waals surface area (Å²) in [5, 5.41) is 95.8. The van der Waals surface area contributed by atoms with Crippen molar-refractivity contribution in [2.45, 2.75) is 191 Å². The standard InChI is InChI=1S/C42H70O14/c1-36(2)13-16-42(51,56-36)22(17-43)21-9-11-39(6)26-8-7-25-37(3,4)27(10-12-40(25)20-41(26,40)15-14-38(21,39)5)55-35-33(50)31(48)29(46)24(54-35)19-52-34-32(49)30(47)28(45)23(18-44)53-34/h21-35,43-51H,7-20H2,1-6H3. The molecule has 20 atom stereocenters. The van der Waals surface area contributed by atoms with Gasteiger partial charge in [-0.15, -0.1) is 0 Å². The van der Waals surface area contributed by atoms with Gasteiger partial charge in [0.2, 0.25) is 0 Å². The SMILES string of the molecule is CC1(C)CCC(O)(C(CO)C2CCC3(C)C4CCC5C(C)(C)C(OC6OC(COC7OC(CO)C(O)C(O)C7O)C(O)C(O)C6O)CCC56CC46CCC23C)O1. The quantitative estimate of drug-likeness (QED) is 0.150. The molecule has 8 fully saturated rings. The van der Waals surface area contributed by atoms with Gasteiger partial charge in [0.05, 0.1) is 31.5 Å². The van der Waals surface area contributed by atoms with Gasteiger partial charge in [-0.2, -0.15) is 0 Å². The zero-order chi connectivity index (χ0) is 40.6. The van der Waals surface area contributed by atoms with Crippen molar-refractivity contribution in [1.29, 1.82) is 0 Å². The molecule has 56 heavy (non-hydrogen) atoms. The van der Waals surface area contributed by atoms with Gasteiger partial charge in [-0.3, -0.25) is 0 Å². The Morgan fingerprint density at radius 2 is 1.25 bits per heavy atom. The predicted molar refractivity (Wildman–Crippen MR) is 198 cm³/mol. The molecule has 3 heterocycles. The molecule has 0 aromatic rings. The molecule has 0 bridgehead atoms. The Hall–Kier alpha value is -0.560. The maximum absolute atomic E-state index is 11.9. The van der Waals surface area contributed by atoms with E-state index in [0.29, 0.717) is 18.3 Å². The molecule has 0 aromatic heterocycles. The smallest absolute Gasteiger partial charge is 0.186 e. The number of ether oxygens (including phenoxy) is 5. The largest absolute Gasteiger partial charge is 0.396 e. The lowest BCUT2D eigenvalue weighted by Crippen LogP contribution is -2.63. The minimum absolute atomic E-state index is 0.0303. The van der Waals surface area contributed by atoms with Crippen molar-refractivity contribution in [2.24, 2.45) is 50.7 Å². The summed E-state index contributed by atoms with van der Waals surface area (Å²) in [6, 6.07) is 0. The average molecular weight is 799 g/mol. The highest BCUT2D eigenvalue weighted by atomic mass is 16.7. The zero-order valence-corrected chi connectivity index (χ0v) is 34.1. The Morgan fingerprint density at radius 1 is 0.625 bits per heavy atom. The Bertz CT molecular complexity index is 1460. The van der Waals surface area contributed by atoms with Crippen molar-refractivity contribution in [2.75, 3.05) is 19.8 Å². The highest BCUT2D eigenvalue weighted by Gasteiger charge is 2.82. The van der Waals surface area contributed by atoms with Crippen LogP contribution in [-0.4, -0.2) is 145 Å². The normalized spacial score (nSPS) is 56.4. The third-order valence-corrected chi connectivity index (χ3v) is 18.2. The topological polar surface area (TPSA) is 228 Å². The summed E-state index contributed by atoms with van der Waals surface area (Å²) in [7, 11) is 0. The molecule has 5 saturated carbocycles. The van der Waals surface area contributed by atoms with E-state index in [0.717, 1.165) is 57.8 Å². The molecular weight excluding hydrogens is 728 g/mol. The van der Waals surface area contributed by atoms with E-state index < -0.39 is 86.0 Å². The fourth-order valence-corrected chi connectivity index (χ4v) is 14.9. The first-order chi connectivity index (χ1) is 26.2. The predicted octanol–water partition coefficient (Wildman–Crippen LogP) is 1.32. The molecule has 14 nitrogen and oxygen atoms in total. The van der Waals surface area contributed by atoms with E-state index in [4.69, 9.17) is 23.7 Å². The molecule has 0 radical (unpaired) electrons. The number of rotatable bonds is 9. The number of fused-ring (bicyclic) bond motifs is 2. The summed E-state index contributed by atoms with van der Waals surface area (Å²) in [6.45, 7) is 12.4. The molecule has 14 heteroatoms. The maximum Gasteiger partial charge on any atom is 0.186 e. The Labute approximate surface area is 330 Å². The van der Waals surface area contributed by atoms with Gasteiger partial charge in [-0.25, -0.2) is 0 Å². The lowest BCUT2D eigenvalue weighted by atomic mass is 9.41. The number of aliphatic hydroxyl groups excluding tert-OH is 8. The van der Waals surface area contributed by atoms with Crippen LogP contribution in [0.4, 0.5) is 0 Å². The molecule has 2 spiro atoms. The van der Waals surface area contributed by atoms with Crippen molar-refractivity contribution < 1.29 is 69.6 Å². The Morgan fingerprint density at radius 3 is 1.89 bits per heavy atom. The Kier molecular flexibility index (Phi) is 10.5. The van der Waals surface area contributed by atoms with Crippen LogP contribution < -0.4 is 0 Å². The third-order valence-electron chi connectivity index (χ3n) is 18.2. The van der Waals surface area contributed by atoms with Gasteiger partial charge < -0.3 is 69.6 Å². The van der Waals surface area contributed by atoms with Crippen LogP contribution in [0.5, 0.6) is 0 Å². The Balaban J connectivity index is 0.952. The van der Waals surface area contributed by atoms with Crippen LogP contribution in [0.15, 0.2) is 0 Å². The molecule has 3 saturated heterocycles. The highest BCUT2D eigenvalue weighted by molar-refractivity contribution is 5.31. The molecule has 322 valence electrons. The highest BCUT2D eigenvalue weighted by Crippen LogP contribution is 2.89. The van der Waals surface area contributed by atoms with Gasteiger partial charge in [0.25, 0.3) is 0 Å². The third kappa shape index (κ3) is 5.93. The van der Waals surface area contributed by atoms with Crippen molar-refractivity contribution in [1.82, 2.24) is 0 Å². The number of hydrogen-bond acceptors (Lipinski definition) is 14. The van der Waals surface area contributed by atoms with Gasteiger partial charge in [0.15, 0.2) is 18.4 Å². The van der Waals surface area contributed by atoms with Gasteiger partial charge in [0, 0.05) is 12.3 Å². The molecule has 0 aromatic carbocycles. The van der Waals surface area contributed by atoms with E-state index in [-0.39, 0.29) is 51.6 Å². The molecule has 8 aliphatic rings. The van der Waals surface area contributed by atoms with E-state index in [1.54, 1.807) is 0 Å². The summed E-state index contributed by atoms with van der Waals surface area (Å²) in [6.07, 6.45) is -4.28. The lowest BCUT2D eigenvalue weighted by molar-refractivity contribution is -0.343. The van der Waals surface area contributed by atoms with Crippen LogP contribution in [0.1, 0.15) is 112 Å². The molecule has 0 amide bonds. The maximum atomic E-state index is 11.9. The van der Waals surface area contributed by atoms with Crippen LogP contribution in [0.2, 0.25) is 0 Å². The van der Waals surface area contributed by atoms with Crippen LogP contribution in [0.3, 0.4) is 0 Å². The van der Waals surface area contributed by atoms with E-state index in [9.17, 15) is 46.0 Å². The molecule has 9 N–H and O–H groups in total.